The standard InChI is InChI=1S/C13H8BrN3/c14-13-11(7-15-8-17-13)9-3-4-12-10(6-9)2-1-5-16-12/h1-8H. The third-order valence-corrected chi connectivity index (χ3v) is 3.21. The van der Waals surface area contributed by atoms with E-state index in [1.807, 2.05) is 24.3 Å². The van der Waals surface area contributed by atoms with Crippen molar-refractivity contribution in [1.82, 2.24) is 15.0 Å². The lowest BCUT2D eigenvalue weighted by molar-refractivity contribution is 1.14. The average molecular weight is 286 g/mol. The lowest BCUT2D eigenvalue weighted by Gasteiger charge is -2.04. The van der Waals surface area contributed by atoms with Crippen molar-refractivity contribution in [2.45, 2.75) is 0 Å². The predicted octanol–water partition coefficient (Wildman–Crippen LogP) is 3.45. The molecule has 3 nitrogen and oxygen atoms in total. The minimum atomic E-state index is 0.802. The summed E-state index contributed by atoms with van der Waals surface area (Å²) in [5, 5.41) is 1.11. The number of pyridine rings is 1. The van der Waals surface area contributed by atoms with Gasteiger partial charge in [-0.05, 0) is 39.7 Å². The Kier molecular flexibility index (Phi) is 2.57. The summed E-state index contributed by atoms with van der Waals surface area (Å²) < 4.78 is 0.802. The molecule has 82 valence electrons. The maximum atomic E-state index is 4.30. The first kappa shape index (κ1) is 10.4. The zero-order valence-corrected chi connectivity index (χ0v) is 10.4. The van der Waals surface area contributed by atoms with Gasteiger partial charge in [-0.1, -0.05) is 12.1 Å². The first-order valence-corrected chi connectivity index (χ1v) is 5.94. The molecule has 0 aliphatic heterocycles. The number of fused-ring (bicyclic) bond motifs is 1. The molecule has 0 amide bonds. The fourth-order valence-electron chi connectivity index (χ4n) is 1.75. The van der Waals surface area contributed by atoms with Crippen molar-refractivity contribution in [2.75, 3.05) is 0 Å². The molecule has 0 saturated heterocycles. The van der Waals surface area contributed by atoms with Crippen molar-refractivity contribution < 1.29 is 0 Å². The van der Waals surface area contributed by atoms with Crippen LogP contribution in [0.5, 0.6) is 0 Å². The molecule has 0 spiro atoms. The number of hydrogen-bond donors (Lipinski definition) is 0. The van der Waals surface area contributed by atoms with E-state index in [9.17, 15) is 0 Å². The maximum Gasteiger partial charge on any atom is 0.117 e. The monoisotopic (exact) mass is 285 g/mol. The van der Waals surface area contributed by atoms with Crippen LogP contribution in [0.1, 0.15) is 0 Å². The molecule has 4 heteroatoms. The van der Waals surface area contributed by atoms with Gasteiger partial charge in [-0.25, -0.2) is 9.97 Å². The number of rotatable bonds is 1. The molecule has 17 heavy (non-hydrogen) atoms. The minimum Gasteiger partial charge on any atom is -0.256 e. The van der Waals surface area contributed by atoms with E-state index >= 15 is 0 Å². The van der Waals surface area contributed by atoms with Crippen LogP contribution in [0.15, 0.2) is 53.7 Å². The van der Waals surface area contributed by atoms with Crippen LogP contribution in [0, 0.1) is 0 Å². The average Bonchev–Trinajstić information content (AvgIpc) is 2.39. The van der Waals surface area contributed by atoms with Gasteiger partial charge in [0.05, 0.1) is 5.52 Å². The van der Waals surface area contributed by atoms with Crippen LogP contribution in [0.25, 0.3) is 22.0 Å². The van der Waals surface area contributed by atoms with E-state index in [4.69, 9.17) is 0 Å². The molecular weight excluding hydrogens is 278 g/mol. The maximum absolute atomic E-state index is 4.30. The lowest BCUT2D eigenvalue weighted by Crippen LogP contribution is -1.86. The number of hydrogen-bond acceptors (Lipinski definition) is 3. The quantitative estimate of drug-likeness (QED) is 0.643. The van der Waals surface area contributed by atoms with Crippen molar-refractivity contribution in [2.24, 2.45) is 0 Å². The summed E-state index contributed by atoms with van der Waals surface area (Å²) in [6.45, 7) is 0. The first-order valence-electron chi connectivity index (χ1n) is 5.15. The molecule has 2 aromatic heterocycles. The minimum absolute atomic E-state index is 0.802. The molecular formula is C13H8BrN3. The lowest BCUT2D eigenvalue weighted by atomic mass is 10.1. The predicted molar refractivity (Wildman–Crippen MR) is 70.5 cm³/mol. The van der Waals surface area contributed by atoms with Crippen LogP contribution in [-0.2, 0) is 0 Å². The summed E-state index contributed by atoms with van der Waals surface area (Å²) in [6, 6.07) is 10.1. The van der Waals surface area contributed by atoms with Gasteiger partial charge in [0, 0.05) is 23.3 Å². The molecule has 3 aromatic rings. The number of aromatic nitrogens is 3. The second-order valence-electron chi connectivity index (χ2n) is 3.64. The third-order valence-electron chi connectivity index (χ3n) is 2.58. The van der Waals surface area contributed by atoms with Crippen LogP contribution in [0.4, 0.5) is 0 Å². The Hall–Kier alpha value is -1.81. The highest BCUT2D eigenvalue weighted by molar-refractivity contribution is 9.10. The molecule has 0 aliphatic rings. The molecule has 1 aromatic carbocycles. The number of benzene rings is 1. The Morgan fingerprint density at radius 2 is 2.00 bits per heavy atom. The highest BCUT2D eigenvalue weighted by Crippen LogP contribution is 2.27. The zero-order chi connectivity index (χ0) is 11.7. The van der Waals surface area contributed by atoms with E-state index in [1.54, 1.807) is 12.4 Å². The van der Waals surface area contributed by atoms with E-state index in [0.717, 1.165) is 26.6 Å². The van der Waals surface area contributed by atoms with Gasteiger partial charge in [-0.2, -0.15) is 0 Å². The third kappa shape index (κ3) is 1.91. The van der Waals surface area contributed by atoms with Crippen LogP contribution < -0.4 is 0 Å². The van der Waals surface area contributed by atoms with Crippen LogP contribution in [-0.4, -0.2) is 15.0 Å². The molecule has 0 radical (unpaired) electrons. The van der Waals surface area contributed by atoms with Gasteiger partial charge in [0.25, 0.3) is 0 Å². The summed E-state index contributed by atoms with van der Waals surface area (Å²) in [4.78, 5) is 12.5. The van der Waals surface area contributed by atoms with E-state index < -0.39 is 0 Å². The van der Waals surface area contributed by atoms with Crippen molar-refractivity contribution in [3.63, 3.8) is 0 Å². The molecule has 0 N–H and O–H groups in total. The summed E-state index contributed by atoms with van der Waals surface area (Å²) in [6.07, 6.45) is 5.12. The normalized spacial score (nSPS) is 10.6. The van der Waals surface area contributed by atoms with Gasteiger partial charge >= 0.3 is 0 Å². The Labute approximate surface area is 107 Å². The Bertz CT molecular complexity index is 682. The fraction of sp³-hybridized carbons (Fsp3) is 0. The first-order chi connectivity index (χ1) is 8.34. The summed E-state index contributed by atoms with van der Waals surface area (Å²) in [7, 11) is 0. The van der Waals surface area contributed by atoms with Gasteiger partial charge < -0.3 is 0 Å². The van der Waals surface area contributed by atoms with Crippen LogP contribution in [0.2, 0.25) is 0 Å². The van der Waals surface area contributed by atoms with Crippen LogP contribution in [0.3, 0.4) is 0 Å². The molecule has 3 rings (SSSR count). The molecule has 0 bridgehead atoms. The Morgan fingerprint density at radius 3 is 2.88 bits per heavy atom. The van der Waals surface area contributed by atoms with Crippen molar-refractivity contribution in [3.8, 4) is 11.1 Å². The van der Waals surface area contributed by atoms with E-state index in [0.29, 0.717) is 0 Å². The second-order valence-corrected chi connectivity index (χ2v) is 4.39. The van der Waals surface area contributed by atoms with E-state index in [2.05, 4.69) is 36.9 Å². The van der Waals surface area contributed by atoms with Gasteiger partial charge in [0.2, 0.25) is 0 Å². The summed E-state index contributed by atoms with van der Waals surface area (Å²) >= 11 is 3.43. The van der Waals surface area contributed by atoms with Crippen LogP contribution >= 0.6 is 15.9 Å². The molecule has 0 aliphatic carbocycles. The van der Waals surface area contributed by atoms with E-state index in [1.165, 1.54) is 6.33 Å². The smallest absolute Gasteiger partial charge is 0.117 e. The zero-order valence-electron chi connectivity index (χ0n) is 8.84. The second kappa shape index (κ2) is 4.22. The summed E-state index contributed by atoms with van der Waals surface area (Å²) in [5.74, 6) is 0. The van der Waals surface area contributed by atoms with E-state index in [-0.39, 0.29) is 0 Å². The van der Waals surface area contributed by atoms with Crippen molar-refractivity contribution in [1.29, 1.82) is 0 Å². The number of halogens is 1. The van der Waals surface area contributed by atoms with Gasteiger partial charge in [0.1, 0.15) is 10.9 Å². The molecule has 0 unspecified atom stereocenters. The van der Waals surface area contributed by atoms with Gasteiger partial charge in [-0.15, -0.1) is 0 Å². The molecule has 0 fully saturated rings. The molecule has 0 saturated carbocycles. The molecule has 0 atom stereocenters. The van der Waals surface area contributed by atoms with Crippen molar-refractivity contribution in [3.05, 3.63) is 53.7 Å². The Morgan fingerprint density at radius 1 is 1.06 bits per heavy atom. The Balaban J connectivity index is 2.22. The topological polar surface area (TPSA) is 38.7 Å². The highest BCUT2D eigenvalue weighted by atomic mass is 79.9. The van der Waals surface area contributed by atoms with Gasteiger partial charge in [-0.3, -0.25) is 4.98 Å². The SMILES string of the molecule is Brc1ncncc1-c1ccc2ncccc2c1. The largest absolute Gasteiger partial charge is 0.256 e. The molecule has 2 heterocycles. The number of nitrogens with zero attached hydrogens (tertiary/aromatic N) is 3. The van der Waals surface area contributed by atoms with Crippen molar-refractivity contribution >= 4 is 26.8 Å². The summed E-state index contributed by atoms with van der Waals surface area (Å²) in [5.41, 5.74) is 3.06. The highest BCUT2D eigenvalue weighted by Gasteiger charge is 2.04. The fourth-order valence-corrected chi connectivity index (χ4v) is 2.17. The van der Waals surface area contributed by atoms with Gasteiger partial charge in [0.15, 0.2) is 0 Å².